The van der Waals surface area contributed by atoms with Gasteiger partial charge in [0.25, 0.3) is 0 Å². The summed E-state index contributed by atoms with van der Waals surface area (Å²) in [5.41, 5.74) is 0.792. The highest BCUT2D eigenvalue weighted by atomic mass is 16.5. The molecule has 0 bridgehead atoms. The molecule has 21 heavy (non-hydrogen) atoms. The van der Waals surface area contributed by atoms with Gasteiger partial charge in [0.1, 0.15) is 11.9 Å². The number of hydrogen-bond donors (Lipinski definition) is 1. The normalized spacial score (nSPS) is 11.7. The first-order chi connectivity index (χ1) is 10.2. The summed E-state index contributed by atoms with van der Waals surface area (Å²) in [6.45, 7) is 0.378. The molecule has 1 aromatic carbocycles. The van der Waals surface area contributed by atoms with Gasteiger partial charge in [0.05, 0.1) is 5.69 Å². The molecule has 1 N–H and O–H groups in total. The van der Waals surface area contributed by atoms with Crippen LogP contribution in [0.1, 0.15) is 18.2 Å². The molecule has 1 heterocycles. The number of aromatic nitrogens is 1. The van der Waals surface area contributed by atoms with Crippen LogP contribution < -0.4 is 4.74 Å². The van der Waals surface area contributed by atoms with Gasteiger partial charge in [-0.3, -0.25) is 4.98 Å². The molecule has 0 aliphatic carbocycles. The zero-order valence-electron chi connectivity index (χ0n) is 11.8. The third kappa shape index (κ3) is 4.49. The molecule has 0 radical (unpaired) electrons. The van der Waals surface area contributed by atoms with E-state index in [2.05, 4.69) is 4.98 Å². The molecular formula is C16H18N2O3. The Morgan fingerprint density at radius 3 is 2.57 bits per heavy atom. The van der Waals surface area contributed by atoms with Crippen LogP contribution in [0.3, 0.4) is 0 Å². The summed E-state index contributed by atoms with van der Waals surface area (Å²) in [5, 5.41) is 8.92. The summed E-state index contributed by atoms with van der Waals surface area (Å²) >= 11 is 0. The van der Waals surface area contributed by atoms with E-state index in [4.69, 9.17) is 9.84 Å². The van der Waals surface area contributed by atoms with E-state index in [0.29, 0.717) is 13.0 Å². The second-order valence-corrected chi connectivity index (χ2v) is 4.67. The maximum atomic E-state index is 10.9. The lowest BCUT2D eigenvalue weighted by atomic mass is 10.1. The van der Waals surface area contributed by atoms with Gasteiger partial charge in [0.2, 0.25) is 0 Å². The van der Waals surface area contributed by atoms with Crippen molar-refractivity contribution >= 4 is 6.09 Å². The third-order valence-corrected chi connectivity index (χ3v) is 3.09. The molecule has 5 nitrogen and oxygen atoms in total. The van der Waals surface area contributed by atoms with Crippen molar-refractivity contribution < 1.29 is 14.6 Å². The van der Waals surface area contributed by atoms with Crippen LogP contribution in [0.15, 0.2) is 54.7 Å². The zero-order valence-corrected chi connectivity index (χ0v) is 11.8. The van der Waals surface area contributed by atoms with Crippen LogP contribution in [0.4, 0.5) is 4.79 Å². The number of pyridine rings is 1. The Morgan fingerprint density at radius 2 is 1.95 bits per heavy atom. The largest absolute Gasteiger partial charge is 0.484 e. The number of nitrogens with zero attached hydrogens (tertiary/aromatic N) is 2. The summed E-state index contributed by atoms with van der Waals surface area (Å²) in [5.74, 6) is 0.742. The number of hydrogen-bond acceptors (Lipinski definition) is 3. The van der Waals surface area contributed by atoms with Crippen molar-refractivity contribution in [3.8, 4) is 5.75 Å². The van der Waals surface area contributed by atoms with Gasteiger partial charge in [-0.15, -0.1) is 0 Å². The Labute approximate surface area is 123 Å². The maximum Gasteiger partial charge on any atom is 0.407 e. The van der Waals surface area contributed by atoms with Gasteiger partial charge in [-0.25, -0.2) is 4.79 Å². The van der Waals surface area contributed by atoms with Gasteiger partial charge in [-0.2, -0.15) is 0 Å². The fraction of sp³-hybridized carbons (Fsp3) is 0.250. The molecule has 0 saturated carbocycles. The van der Waals surface area contributed by atoms with Gasteiger partial charge in [0, 0.05) is 26.2 Å². The second kappa shape index (κ2) is 7.28. The van der Waals surface area contributed by atoms with Crippen LogP contribution in [-0.2, 0) is 0 Å². The molecule has 0 aliphatic rings. The Kier molecular flexibility index (Phi) is 5.15. The van der Waals surface area contributed by atoms with Crippen molar-refractivity contribution in [2.75, 3.05) is 13.6 Å². The molecule has 0 saturated heterocycles. The molecule has 2 aromatic rings. The monoisotopic (exact) mass is 286 g/mol. The molecule has 1 aromatic heterocycles. The lowest BCUT2D eigenvalue weighted by Gasteiger charge is -2.21. The number of carbonyl (C=O) groups is 1. The molecule has 110 valence electrons. The average Bonchev–Trinajstić information content (AvgIpc) is 2.52. The number of amides is 1. The first-order valence-electron chi connectivity index (χ1n) is 6.73. The summed E-state index contributed by atoms with van der Waals surface area (Å²) in [6.07, 6.45) is 1.01. The highest BCUT2D eigenvalue weighted by Gasteiger charge is 2.17. The second-order valence-electron chi connectivity index (χ2n) is 4.67. The number of carboxylic acid groups (broad SMARTS) is 1. The Morgan fingerprint density at radius 1 is 1.24 bits per heavy atom. The molecule has 0 spiro atoms. The lowest BCUT2D eigenvalue weighted by Crippen LogP contribution is -2.27. The number of para-hydroxylation sites is 1. The van der Waals surface area contributed by atoms with E-state index in [0.717, 1.165) is 11.4 Å². The third-order valence-electron chi connectivity index (χ3n) is 3.09. The topological polar surface area (TPSA) is 62.7 Å². The van der Waals surface area contributed by atoms with E-state index in [-0.39, 0.29) is 6.10 Å². The quantitative estimate of drug-likeness (QED) is 0.885. The van der Waals surface area contributed by atoms with Crippen molar-refractivity contribution in [3.63, 3.8) is 0 Å². The Balaban J connectivity index is 2.09. The Hall–Kier alpha value is -2.56. The molecule has 0 fully saturated rings. The highest BCUT2D eigenvalue weighted by molar-refractivity contribution is 5.64. The minimum absolute atomic E-state index is 0.282. The SMILES string of the molecule is CN(CCC(Oc1ccccc1)c1ccccn1)C(=O)O. The smallest absolute Gasteiger partial charge is 0.407 e. The Bertz CT molecular complexity index is 560. The maximum absolute atomic E-state index is 10.9. The highest BCUT2D eigenvalue weighted by Crippen LogP contribution is 2.23. The van der Waals surface area contributed by atoms with Crippen molar-refractivity contribution in [1.29, 1.82) is 0 Å². The van der Waals surface area contributed by atoms with Gasteiger partial charge >= 0.3 is 6.09 Å². The molecule has 2 rings (SSSR count). The first kappa shape index (κ1) is 14.8. The van der Waals surface area contributed by atoms with Crippen molar-refractivity contribution in [2.24, 2.45) is 0 Å². The molecule has 0 aliphatic heterocycles. The number of benzene rings is 1. The minimum atomic E-state index is -0.950. The predicted octanol–water partition coefficient (Wildman–Crippen LogP) is 3.20. The molecular weight excluding hydrogens is 268 g/mol. The zero-order chi connectivity index (χ0) is 15.1. The number of ether oxygens (including phenoxy) is 1. The average molecular weight is 286 g/mol. The molecule has 5 heteroatoms. The van der Waals surface area contributed by atoms with Crippen LogP contribution in [0.25, 0.3) is 0 Å². The minimum Gasteiger partial charge on any atom is -0.484 e. The lowest BCUT2D eigenvalue weighted by molar-refractivity contribution is 0.139. The van der Waals surface area contributed by atoms with Crippen molar-refractivity contribution in [1.82, 2.24) is 9.88 Å². The predicted molar refractivity (Wildman–Crippen MR) is 79.3 cm³/mol. The number of rotatable bonds is 6. The summed E-state index contributed by atoms with van der Waals surface area (Å²) in [4.78, 5) is 16.4. The summed E-state index contributed by atoms with van der Waals surface area (Å²) in [6, 6.07) is 15.1. The fourth-order valence-electron chi connectivity index (χ4n) is 1.90. The van der Waals surface area contributed by atoms with Gasteiger partial charge in [-0.05, 0) is 24.3 Å². The fourth-order valence-corrected chi connectivity index (χ4v) is 1.90. The van der Waals surface area contributed by atoms with E-state index in [1.165, 1.54) is 4.90 Å². The van der Waals surface area contributed by atoms with Gasteiger partial charge in [-0.1, -0.05) is 24.3 Å². The van der Waals surface area contributed by atoms with Crippen molar-refractivity contribution in [3.05, 3.63) is 60.4 Å². The van der Waals surface area contributed by atoms with Gasteiger partial charge < -0.3 is 14.7 Å². The van der Waals surface area contributed by atoms with E-state index >= 15 is 0 Å². The molecule has 1 atom stereocenters. The van der Waals surface area contributed by atoms with Crippen LogP contribution in [0.5, 0.6) is 5.75 Å². The van der Waals surface area contributed by atoms with E-state index in [9.17, 15) is 4.79 Å². The van der Waals surface area contributed by atoms with E-state index < -0.39 is 6.09 Å². The summed E-state index contributed by atoms with van der Waals surface area (Å²) < 4.78 is 5.95. The first-order valence-corrected chi connectivity index (χ1v) is 6.73. The van der Waals surface area contributed by atoms with Crippen LogP contribution in [0.2, 0.25) is 0 Å². The standard InChI is InChI=1S/C16H18N2O3/c1-18(16(19)20)12-10-15(14-9-5-6-11-17-14)21-13-7-3-2-4-8-13/h2-9,11,15H,10,12H2,1H3,(H,19,20). The van der Waals surface area contributed by atoms with Crippen molar-refractivity contribution in [2.45, 2.75) is 12.5 Å². The molecule has 1 unspecified atom stereocenters. The van der Waals surface area contributed by atoms with Gasteiger partial charge in [0.15, 0.2) is 0 Å². The van der Waals surface area contributed by atoms with Crippen LogP contribution in [0, 0.1) is 0 Å². The molecule has 1 amide bonds. The summed E-state index contributed by atoms with van der Waals surface area (Å²) in [7, 11) is 1.54. The van der Waals surface area contributed by atoms with E-state index in [1.807, 2.05) is 48.5 Å². The van der Waals surface area contributed by atoms with Crippen LogP contribution >= 0.6 is 0 Å². The van der Waals surface area contributed by atoms with Crippen LogP contribution in [-0.4, -0.2) is 34.7 Å². The van der Waals surface area contributed by atoms with E-state index in [1.54, 1.807) is 13.2 Å².